The number of nitrogens with one attached hydrogen (secondary N) is 1. The molecule has 0 bridgehead atoms. The summed E-state index contributed by atoms with van der Waals surface area (Å²) < 4.78 is 5.39. The number of methoxy groups -OCH3 is 1. The van der Waals surface area contributed by atoms with Crippen molar-refractivity contribution in [3.05, 3.63) is 29.3 Å². The summed E-state index contributed by atoms with van der Waals surface area (Å²) in [6.45, 7) is 5.30. The van der Waals surface area contributed by atoms with Crippen LogP contribution >= 0.6 is 0 Å². The Kier molecular flexibility index (Phi) is 4.61. The highest BCUT2D eigenvalue weighted by Gasteiger charge is 2.19. The highest BCUT2D eigenvalue weighted by Crippen LogP contribution is 2.19. The quantitative estimate of drug-likeness (QED) is 0.864. The summed E-state index contributed by atoms with van der Waals surface area (Å²) in [5, 5.41) is 3.55. The maximum Gasteiger partial charge on any atom is 0.123 e. The molecule has 2 rings (SSSR count). The van der Waals surface area contributed by atoms with E-state index in [1.54, 1.807) is 7.11 Å². The first-order valence-electron chi connectivity index (χ1n) is 6.75. The van der Waals surface area contributed by atoms with Crippen LogP contribution in [0.4, 0.5) is 0 Å². The fraction of sp³-hybridized carbons (Fsp3) is 0.600. The van der Waals surface area contributed by atoms with E-state index in [-0.39, 0.29) is 0 Å². The minimum absolute atomic E-state index is 0.695. The Bertz CT molecular complexity index is 392. The lowest BCUT2D eigenvalue weighted by molar-refractivity contribution is 0.299. The molecule has 1 fully saturated rings. The van der Waals surface area contributed by atoms with Crippen LogP contribution in [0.25, 0.3) is 0 Å². The summed E-state index contributed by atoms with van der Waals surface area (Å²) in [5.74, 6) is 0.980. The monoisotopic (exact) mass is 248 g/mol. The normalized spacial score (nSPS) is 20.3. The average molecular weight is 248 g/mol. The molecule has 100 valence electrons. The SMILES string of the molecule is COc1ccc(C)cc1CNCC1CCCN1C. The first kappa shape index (κ1) is 13.4. The summed E-state index contributed by atoms with van der Waals surface area (Å²) in [5.41, 5.74) is 2.53. The Morgan fingerprint density at radius 2 is 2.28 bits per heavy atom. The van der Waals surface area contributed by atoms with E-state index in [0.29, 0.717) is 6.04 Å². The smallest absolute Gasteiger partial charge is 0.123 e. The number of likely N-dealkylation sites (tertiary alicyclic amines) is 1. The van der Waals surface area contributed by atoms with E-state index in [9.17, 15) is 0 Å². The van der Waals surface area contributed by atoms with Gasteiger partial charge < -0.3 is 15.0 Å². The lowest BCUT2D eigenvalue weighted by Gasteiger charge is -2.20. The second kappa shape index (κ2) is 6.21. The molecule has 1 aromatic rings. The molecule has 3 heteroatoms. The average Bonchev–Trinajstić information content (AvgIpc) is 2.76. The topological polar surface area (TPSA) is 24.5 Å². The van der Waals surface area contributed by atoms with Crippen molar-refractivity contribution in [3.8, 4) is 5.75 Å². The van der Waals surface area contributed by atoms with Gasteiger partial charge in [-0.3, -0.25) is 0 Å². The van der Waals surface area contributed by atoms with Crippen molar-refractivity contribution < 1.29 is 4.74 Å². The van der Waals surface area contributed by atoms with Crippen LogP contribution in [-0.2, 0) is 6.54 Å². The van der Waals surface area contributed by atoms with E-state index < -0.39 is 0 Å². The number of benzene rings is 1. The third-order valence-electron chi connectivity index (χ3n) is 3.80. The molecule has 1 atom stereocenters. The van der Waals surface area contributed by atoms with Gasteiger partial charge in [-0.05, 0) is 39.4 Å². The van der Waals surface area contributed by atoms with E-state index in [2.05, 4.69) is 36.3 Å². The molecule has 0 aromatic heterocycles. The third-order valence-corrected chi connectivity index (χ3v) is 3.80. The van der Waals surface area contributed by atoms with Crippen LogP contribution in [0.5, 0.6) is 5.75 Å². The van der Waals surface area contributed by atoms with E-state index in [0.717, 1.165) is 18.8 Å². The number of hydrogen-bond donors (Lipinski definition) is 1. The fourth-order valence-electron chi connectivity index (χ4n) is 2.66. The molecule has 1 N–H and O–H groups in total. The van der Waals surface area contributed by atoms with Gasteiger partial charge in [-0.2, -0.15) is 0 Å². The zero-order valence-corrected chi connectivity index (χ0v) is 11.7. The van der Waals surface area contributed by atoms with Crippen molar-refractivity contribution in [2.75, 3.05) is 27.2 Å². The molecule has 18 heavy (non-hydrogen) atoms. The standard InChI is InChI=1S/C15H24N2O/c1-12-6-7-15(18-3)13(9-12)10-16-11-14-5-4-8-17(14)2/h6-7,9,14,16H,4-5,8,10-11H2,1-3H3. The van der Waals surface area contributed by atoms with E-state index in [1.807, 2.05) is 6.07 Å². The molecule has 1 aliphatic rings. The van der Waals surface area contributed by atoms with Gasteiger partial charge in [0, 0.05) is 24.7 Å². The van der Waals surface area contributed by atoms with Crippen molar-refractivity contribution >= 4 is 0 Å². The number of nitrogens with zero attached hydrogens (tertiary/aromatic N) is 1. The highest BCUT2D eigenvalue weighted by molar-refractivity contribution is 5.36. The number of ether oxygens (including phenoxy) is 1. The Hall–Kier alpha value is -1.06. The number of hydrogen-bond acceptors (Lipinski definition) is 3. The molecule has 0 amide bonds. The zero-order valence-electron chi connectivity index (χ0n) is 11.7. The van der Waals surface area contributed by atoms with Crippen LogP contribution in [0, 0.1) is 6.92 Å². The van der Waals surface area contributed by atoms with Crippen LogP contribution in [0.3, 0.4) is 0 Å². The molecule has 1 aliphatic heterocycles. The van der Waals surface area contributed by atoms with Crippen molar-refractivity contribution in [2.45, 2.75) is 32.4 Å². The minimum Gasteiger partial charge on any atom is -0.496 e. The van der Waals surface area contributed by atoms with Gasteiger partial charge in [-0.25, -0.2) is 0 Å². The van der Waals surface area contributed by atoms with Crippen LogP contribution < -0.4 is 10.1 Å². The molecule has 0 aliphatic carbocycles. The van der Waals surface area contributed by atoms with Gasteiger partial charge in [0.25, 0.3) is 0 Å². The first-order valence-corrected chi connectivity index (χ1v) is 6.75. The molecule has 3 nitrogen and oxygen atoms in total. The van der Waals surface area contributed by atoms with Crippen molar-refractivity contribution in [3.63, 3.8) is 0 Å². The van der Waals surface area contributed by atoms with Crippen LogP contribution in [0.1, 0.15) is 24.0 Å². The Morgan fingerprint density at radius 3 is 2.94 bits per heavy atom. The fourth-order valence-corrected chi connectivity index (χ4v) is 2.66. The third kappa shape index (κ3) is 3.24. The van der Waals surface area contributed by atoms with E-state index in [4.69, 9.17) is 4.74 Å². The zero-order chi connectivity index (χ0) is 13.0. The van der Waals surface area contributed by atoms with Gasteiger partial charge in [0.2, 0.25) is 0 Å². The predicted octanol–water partition coefficient (Wildman–Crippen LogP) is 2.19. The summed E-state index contributed by atoms with van der Waals surface area (Å²) >= 11 is 0. The summed E-state index contributed by atoms with van der Waals surface area (Å²) in [6.07, 6.45) is 2.64. The second-order valence-corrected chi connectivity index (χ2v) is 5.22. The maximum absolute atomic E-state index is 5.39. The van der Waals surface area contributed by atoms with Crippen LogP contribution in [0.2, 0.25) is 0 Å². The van der Waals surface area contributed by atoms with Crippen LogP contribution in [-0.4, -0.2) is 38.2 Å². The Balaban J connectivity index is 1.87. The predicted molar refractivity (Wildman–Crippen MR) is 75.1 cm³/mol. The molecule has 1 saturated heterocycles. The van der Waals surface area contributed by atoms with Gasteiger partial charge in [0.15, 0.2) is 0 Å². The highest BCUT2D eigenvalue weighted by atomic mass is 16.5. The molecule has 0 spiro atoms. The van der Waals surface area contributed by atoms with Gasteiger partial charge >= 0.3 is 0 Å². The summed E-state index contributed by atoms with van der Waals surface area (Å²) in [4.78, 5) is 2.44. The number of aryl methyl sites for hydroxylation is 1. The Morgan fingerprint density at radius 1 is 1.44 bits per heavy atom. The van der Waals surface area contributed by atoms with Crippen molar-refractivity contribution in [1.29, 1.82) is 0 Å². The maximum atomic E-state index is 5.39. The number of rotatable bonds is 5. The van der Waals surface area contributed by atoms with E-state index >= 15 is 0 Å². The molecular weight excluding hydrogens is 224 g/mol. The van der Waals surface area contributed by atoms with Crippen LogP contribution in [0.15, 0.2) is 18.2 Å². The Labute approximate surface area is 110 Å². The molecule has 0 radical (unpaired) electrons. The number of likely N-dealkylation sites (N-methyl/N-ethyl adjacent to an activating group) is 1. The molecule has 1 heterocycles. The van der Waals surface area contributed by atoms with Gasteiger partial charge in [0.05, 0.1) is 7.11 Å². The largest absolute Gasteiger partial charge is 0.496 e. The van der Waals surface area contributed by atoms with Gasteiger partial charge in [0.1, 0.15) is 5.75 Å². The lowest BCUT2D eigenvalue weighted by Crippen LogP contribution is -2.35. The second-order valence-electron chi connectivity index (χ2n) is 5.22. The summed E-state index contributed by atoms with van der Waals surface area (Å²) in [6, 6.07) is 7.03. The van der Waals surface area contributed by atoms with Gasteiger partial charge in [-0.1, -0.05) is 17.7 Å². The molecule has 0 saturated carbocycles. The molecule has 1 unspecified atom stereocenters. The van der Waals surface area contributed by atoms with E-state index in [1.165, 1.54) is 30.5 Å². The first-order chi connectivity index (χ1) is 8.70. The lowest BCUT2D eigenvalue weighted by atomic mass is 10.1. The van der Waals surface area contributed by atoms with Crippen molar-refractivity contribution in [2.24, 2.45) is 0 Å². The van der Waals surface area contributed by atoms with Gasteiger partial charge in [-0.15, -0.1) is 0 Å². The minimum atomic E-state index is 0.695. The summed E-state index contributed by atoms with van der Waals surface area (Å²) in [7, 11) is 3.95. The molecule has 1 aromatic carbocycles. The van der Waals surface area contributed by atoms with Crippen molar-refractivity contribution in [1.82, 2.24) is 10.2 Å². The molecular formula is C15H24N2O.